The van der Waals surface area contributed by atoms with Crippen molar-refractivity contribution in [1.29, 1.82) is 0 Å². The molecule has 0 aliphatic carbocycles. The molecule has 2 heterocycles. The Morgan fingerprint density at radius 2 is 2.10 bits per heavy atom. The second kappa shape index (κ2) is 5.75. The molecule has 0 bridgehead atoms. The van der Waals surface area contributed by atoms with E-state index in [2.05, 4.69) is 42.2 Å². The Labute approximate surface area is 141 Å². The zero-order valence-electron chi connectivity index (χ0n) is 10.6. The molecule has 0 aliphatic heterocycles. The molecule has 0 saturated heterocycles. The van der Waals surface area contributed by atoms with E-state index < -0.39 is 0 Å². The lowest BCUT2D eigenvalue weighted by molar-refractivity contribution is 0.103. The van der Waals surface area contributed by atoms with Gasteiger partial charge in [-0.3, -0.25) is 9.78 Å². The number of anilines is 2. The van der Waals surface area contributed by atoms with Crippen molar-refractivity contribution in [2.75, 3.05) is 11.1 Å². The number of nitrogens with one attached hydrogen (secondary N) is 1. The number of fused-ring (bicyclic) bond motifs is 1. The first kappa shape index (κ1) is 14.5. The minimum absolute atomic E-state index is 0.225. The van der Waals surface area contributed by atoms with E-state index in [0.717, 1.165) is 19.0 Å². The van der Waals surface area contributed by atoms with Crippen LogP contribution in [0.5, 0.6) is 0 Å². The Balaban J connectivity index is 1.95. The van der Waals surface area contributed by atoms with Crippen molar-refractivity contribution < 1.29 is 4.79 Å². The number of benzene rings is 1. The smallest absolute Gasteiger partial charge is 0.267 e. The predicted molar refractivity (Wildman–Crippen MR) is 93.8 cm³/mol. The van der Waals surface area contributed by atoms with E-state index in [1.165, 1.54) is 11.3 Å². The van der Waals surface area contributed by atoms with E-state index in [-0.39, 0.29) is 5.91 Å². The third-order valence-electron chi connectivity index (χ3n) is 2.92. The summed E-state index contributed by atoms with van der Waals surface area (Å²) in [6.07, 6.45) is 3.38. The molecule has 106 valence electrons. The molecule has 0 fully saturated rings. The summed E-state index contributed by atoms with van der Waals surface area (Å²) in [6, 6.07) is 7.36. The van der Waals surface area contributed by atoms with Crippen molar-refractivity contribution in [1.82, 2.24) is 4.98 Å². The first-order valence-corrected chi connectivity index (χ1v) is 8.35. The summed E-state index contributed by atoms with van der Waals surface area (Å²) in [5.74, 6) is -0.225. The molecule has 3 aromatic rings. The highest BCUT2D eigenvalue weighted by atomic mass is 79.9. The molecule has 0 unspecified atom stereocenters. The molecule has 2 aromatic heterocycles. The van der Waals surface area contributed by atoms with Gasteiger partial charge in [0.1, 0.15) is 4.88 Å². The van der Waals surface area contributed by atoms with Gasteiger partial charge < -0.3 is 11.1 Å². The molecule has 1 amide bonds. The average Bonchev–Trinajstić information content (AvgIpc) is 2.80. The summed E-state index contributed by atoms with van der Waals surface area (Å²) in [6.45, 7) is 0. The fourth-order valence-corrected chi connectivity index (χ4v) is 4.04. The zero-order valence-corrected chi connectivity index (χ0v) is 14.5. The summed E-state index contributed by atoms with van der Waals surface area (Å²) in [4.78, 5) is 16.9. The number of thiophene rings is 1. The number of halogens is 2. The normalized spacial score (nSPS) is 10.8. The van der Waals surface area contributed by atoms with Gasteiger partial charge in [-0.25, -0.2) is 0 Å². The van der Waals surface area contributed by atoms with Gasteiger partial charge in [0.25, 0.3) is 5.91 Å². The molecular formula is C14H9Br2N3OS. The van der Waals surface area contributed by atoms with Crippen molar-refractivity contribution in [3.05, 3.63) is 50.5 Å². The number of nitrogen functional groups attached to an aromatic ring is 1. The predicted octanol–water partition coefficient (Wildman–Crippen LogP) is 4.66. The Morgan fingerprint density at radius 3 is 2.81 bits per heavy atom. The number of carbonyl (C=O) groups excluding carboxylic acids is 1. The first-order chi connectivity index (χ1) is 10.1. The molecule has 0 saturated carbocycles. The van der Waals surface area contributed by atoms with E-state index in [9.17, 15) is 4.79 Å². The van der Waals surface area contributed by atoms with Gasteiger partial charge in [0.05, 0.1) is 16.1 Å². The van der Waals surface area contributed by atoms with E-state index in [1.54, 1.807) is 12.4 Å². The van der Waals surface area contributed by atoms with Crippen molar-refractivity contribution in [2.45, 2.75) is 0 Å². The molecular weight excluding hydrogens is 418 g/mol. The van der Waals surface area contributed by atoms with E-state index in [0.29, 0.717) is 16.3 Å². The third kappa shape index (κ3) is 2.81. The summed E-state index contributed by atoms with van der Waals surface area (Å²) in [5.41, 5.74) is 7.24. The minimum Gasteiger partial charge on any atom is -0.397 e. The first-order valence-electron chi connectivity index (χ1n) is 5.94. The van der Waals surface area contributed by atoms with Crippen LogP contribution in [0.15, 0.2) is 45.6 Å². The van der Waals surface area contributed by atoms with Crippen molar-refractivity contribution in [3.63, 3.8) is 0 Å². The minimum atomic E-state index is -0.225. The van der Waals surface area contributed by atoms with Crippen LogP contribution in [0.3, 0.4) is 0 Å². The fraction of sp³-hybridized carbons (Fsp3) is 0. The number of rotatable bonds is 2. The van der Waals surface area contributed by atoms with E-state index in [4.69, 9.17) is 5.73 Å². The van der Waals surface area contributed by atoms with Gasteiger partial charge in [0, 0.05) is 26.7 Å². The summed E-state index contributed by atoms with van der Waals surface area (Å²) in [5, 5.41) is 3.72. The number of pyridine rings is 1. The van der Waals surface area contributed by atoms with Crippen molar-refractivity contribution in [2.24, 2.45) is 0 Å². The second-order valence-corrected chi connectivity index (χ2v) is 7.12. The fourth-order valence-electron chi connectivity index (χ4n) is 1.91. The van der Waals surface area contributed by atoms with E-state index in [1.807, 2.05) is 24.3 Å². The van der Waals surface area contributed by atoms with Gasteiger partial charge in [-0.1, -0.05) is 15.9 Å². The third-order valence-corrected chi connectivity index (χ3v) is 5.22. The summed E-state index contributed by atoms with van der Waals surface area (Å²) in [7, 11) is 0. The number of aromatic nitrogens is 1. The van der Waals surface area contributed by atoms with Gasteiger partial charge >= 0.3 is 0 Å². The molecule has 0 spiro atoms. The van der Waals surface area contributed by atoms with Crippen molar-refractivity contribution >= 4 is 70.6 Å². The molecule has 0 atom stereocenters. The number of hydrogen-bond acceptors (Lipinski definition) is 4. The van der Waals surface area contributed by atoms with Gasteiger partial charge in [-0.15, -0.1) is 11.3 Å². The van der Waals surface area contributed by atoms with E-state index >= 15 is 0 Å². The molecule has 1 aromatic carbocycles. The molecule has 7 heteroatoms. The lowest BCUT2D eigenvalue weighted by Crippen LogP contribution is -2.12. The van der Waals surface area contributed by atoms with Gasteiger partial charge in [0.2, 0.25) is 0 Å². The number of carbonyl (C=O) groups is 1. The lowest BCUT2D eigenvalue weighted by Gasteiger charge is -2.07. The quantitative estimate of drug-likeness (QED) is 0.626. The highest BCUT2D eigenvalue weighted by Gasteiger charge is 2.17. The van der Waals surface area contributed by atoms with Crippen LogP contribution in [0.25, 0.3) is 10.1 Å². The molecule has 21 heavy (non-hydrogen) atoms. The van der Waals surface area contributed by atoms with Gasteiger partial charge in [-0.05, 0) is 40.2 Å². The molecule has 4 nitrogen and oxygen atoms in total. The van der Waals surface area contributed by atoms with Crippen LogP contribution in [0.4, 0.5) is 11.4 Å². The van der Waals surface area contributed by atoms with Crippen LogP contribution >= 0.6 is 43.2 Å². The van der Waals surface area contributed by atoms with Crippen LogP contribution in [-0.2, 0) is 0 Å². The maximum atomic E-state index is 12.4. The second-order valence-electron chi connectivity index (χ2n) is 4.29. The standard InChI is InChI=1S/C14H9Br2N3OS/c15-7-1-2-10(9(16)5-7)19-14(20)13-12(17)8-3-4-18-6-11(8)21-13/h1-6H,17H2,(H,19,20). The van der Waals surface area contributed by atoms with Crippen LogP contribution < -0.4 is 11.1 Å². The lowest BCUT2D eigenvalue weighted by atomic mass is 10.2. The zero-order chi connectivity index (χ0) is 15.0. The highest BCUT2D eigenvalue weighted by Crippen LogP contribution is 2.34. The Hall–Kier alpha value is -1.44. The Bertz CT molecular complexity index is 847. The van der Waals surface area contributed by atoms with Crippen LogP contribution in [-0.4, -0.2) is 10.9 Å². The summed E-state index contributed by atoms with van der Waals surface area (Å²) >= 11 is 8.13. The molecule has 3 rings (SSSR count). The molecule has 0 radical (unpaired) electrons. The highest BCUT2D eigenvalue weighted by molar-refractivity contribution is 9.11. The van der Waals surface area contributed by atoms with Gasteiger partial charge in [0.15, 0.2) is 0 Å². The molecule has 0 aliphatic rings. The number of nitrogens with zero attached hydrogens (tertiary/aromatic N) is 1. The van der Waals surface area contributed by atoms with Crippen LogP contribution in [0.2, 0.25) is 0 Å². The maximum Gasteiger partial charge on any atom is 0.267 e. The maximum absolute atomic E-state index is 12.4. The number of nitrogens with two attached hydrogens (primary N) is 1. The monoisotopic (exact) mass is 425 g/mol. The number of hydrogen-bond donors (Lipinski definition) is 2. The summed E-state index contributed by atoms with van der Waals surface area (Å²) < 4.78 is 2.63. The SMILES string of the molecule is Nc1c(C(=O)Nc2ccc(Br)cc2Br)sc2cnccc12. The Kier molecular flexibility index (Phi) is 3.97. The Morgan fingerprint density at radius 1 is 1.29 bits per heavy atom. The number of amides is 1. The topological polar surface area (TPSA) is 68.0 Å². The molecule has 3 N–H and O–H groups in total. The van der Waals surface area contributed by atoms with Crippen molar-refractivity contribution in [3.8, 4) is 0 Å². The average molecular weight is 427 g/mol. The van der Waals surface area contributed by atoms with Crippen LogP contribution in [0.1, 0.15) is 9.67 Å². The largest absolute Gasteiger partial charge is 0.397 e. The van der Waals surface area contributed by atoms with Gasteiger partial charge in [-0.2, -0.15) is 0 Å². The van der Waals surface area contributed by atoms with Crippen LogP contribution in [0, 0.1) is 0 Å².